The Balaban J connectivity index is 1.72. The standard InChI is InChI=1S/C18H16FN5O/c19-17-10-14(5-8-18(17)25)2-1-9-24(23-12-21-22-13-23)16-6-3-15(11-20)4-7-16/h3-8,10,12-13,25H,1-2,9H2. The summed E-state index contributed by atoms with van der Waals surface area (Å²) in [6.45, 7) is 0.645. The van der Waals surface area contributed by atoms with Crippen molar-refractivity contribution in [2.75, 3.05) is 11.6 Å². The molecular weight excluding hydrogens is 321 g/mol. The van der Waals surface area contributed by atoms with E-state index in [1.54, 1.807) is 35.5 Å². The summed E-state index contributed by atoms with van der Waals surface area (Å²) in [5.74, 6) is -0.951. The monoisotopic (exact) mass is 337 g/mol. The Bertz CT molecular complexity index is 871. The van der Waals surface area contributed by atoms with E-state index in [9.17, 15) is 9.50 Å². The summed E-state index contributed by atoms with van der Waals surface area (Å²) in [6, 6.07) is 13.7. The van der Waals surface area contributed by atoms with E-state index in [-0.39, 0.29) is 5.75 Å². The molecule has 0 fully saturated rings. The molecule has 0 saturated carbocycles. The van der Waals surface area contributed by atoms with Crippen molar-refractivity contribution < 1.29 is 9.50 Å². The number of anilines is 1. The molecule has 0 atom stereocenters. The van der Waals surface area contributed by atoms with Crippen LogP contribution in [0.15, 0.2) is 55.1 Å². The lowest BCUT2D eigenvalue weighted by molar-refractivity contribution is 0.431. The zero-order valence-corrected chi connectivity index (χ0v) is 13.4. The summed E-state index contributed by atoms with van der Waals surface area (Å²) in [5.41, 5.74) is 2.31. The third-order valence-corrected chi connectivity index (χ3v) is 3.83. The summed E-state index contributed by atoms with van der Waals surface area (Å²) in [5, 5.41) is 27.8. The Morgan fingerprint density at radius 3 is 2.48 bits per heavy atom. The molecule has 3 rings (SSSR count). The molecule has 126 valence electrons. The smallest absolute Gasteiger partial charge is 0.165 e. The molecule has 0 saturated heterocycles. The van der Waals surface area contributed by atoms with E-state index >= 15 is 0 Å². The van der Waals surface area contributed by atoms with Gasteiger partial charge in [0, 0.05) is 6.54 Å². The van der Waals surface area contributed by atoms with Gasteiger partial charge in [0.1, 0.15) is 12.7 Å². The van der Waals surface area contributed by atoms with E-state index in [1.807, 2.05) is 17.1 Å². The van der Waals surface area contributed by atoms with Gasteiger partial charge in [-0.1, -0.05) is 6.07 Å². The lowest BCUT2D eigenvalue weighted by Gasteiger charge is -2.25. The molecule has 0 aliphatic heterocycles. The molecule has 0 spiro atoms. The van der Waals surface area contributed by atoms with Crippen molar-refractivity contribution in [2.45, 2.75) is 12.8 Å². The quantitative estimate of drug-likeness (QED) is 0.748. The Labute approximate surface area is 144 Å². The van der Waals surface area contributed by atoms with Gasteiger partial charge in [0.15, 0.2) is 11.6 Å². The highest BCUT2D eigenvalue weighted by Gasteiger charge is 2.10. The summed E-state index contributed by atoms with van der Waals surface area (Å²) in [6.07, 6.45) is 4.60. The van der Waals surface area contributed by atoms with E-state index in [4.69, 9.17) is 5.26 Å². The molecule has 1 N–H and O–H groups in total. The molecule has 1 aromatic heterocycles. The predicted molar refractivity (Wildman–Crippen MR) is 90.3 cm³/mol. The normalized spacial score (nSPS) is 10.4. The van der Waals surface area contributed by atoms with Gasteiger partial charge in [-0.05, 0) is 54.8 Å². The van der Waals surface area contributed by atoms with E-state index < -0.39 is 5.82 Å². The van der Waals surface area contributed by atoms with Crippen LogP contribution in [0, 0.1) is 17.1 Å². The summed E-state index contributed by atoms with van der Waals surface area (Å²) < 4.78 is 15.2. The second kappa shape index (κ2) is 7.45. The molecule has 0 bridgehead atoms. The molecule has 7 heteroatoms. The molecule has 1 heterocycles. The van der Waals surface area contributed by atoms with Crippen LogP contribution in [-0.4, -0.2) is 26.5 Å². The zero-order valence-electron chi connectivity index (χ0n) is 13.4. The molecular formula is C18H16FN5O. The first-order chi connectivity index (χ1) is 12.2. The largest absolute Gasteiger partial charge is 0.505 e. The van der Waals surface area contributed by atoms with Gasteiger partial charge in [-0.2, -0.15) is 5.26 Å². The number of aryl methyl sites for hydroxylation is 1. The highest BCUT2D eigenvalue weighted by molar-refractivity contribution is 5.49. The highest BCUT2D eigenvalue weighted by atomic mass is 19.1. The average Bonchev–Trinajstić information content (AvgIpc) is 3.16. The van der Waals surface area contributed by atoms with Crippen LogP contribution in [0.3, 0.4) is 0 Å². The summed E-state index contributed by atoms with van der Waals surface area (Å²) >= 11 is 0. The zero-order chi connectivity index (χ0) is 17.6. The predicted octanol–water partition coefficient (Wildman–Crippen LogP) is 2.90. The molecule has 2 aromatic carbocycles. The Morgan fingerprint density at radius 1 is 1.12 bits per heavy atom. The van der Waals surface area contributed by atoms with Gasteiger partial charge in [0.25, 0.3) is 0 Å². The van der Waals surface area contributed by atoms with Crippen LogP contribution in [0.5, 0.6) is 5.75 Å². The van der Waals surface area contributed by atoms with E-state index in [1.165, 1.54) is 12.1 Å². The number of phenolic OH excluding ortho intramolecular Hbond substituents is 1. The number of hydrogen-bond donors (Lipinski definition) is 1. The maximum atomic E-state index is 13.4. The summed E-state index contributed by atoms with van der Waals surface area (Å²) in [4.78, 5) is 0. The fraction of sp³-hybridized carbons (Fsp3) is 0.167. The van der Waals surface area contributed by atoms with Crippen LogP contribution < -0.4 is 5.01 Å². The Hall–Kier alpha value is -3.40. The van der Waals surface area contributed by atoms with Gasteiger partial charge >= 0.3 is 0 Å². The minimum absolute atomic E-state index is 0.340. The van der Waals surface area contributed by atoms with Crippen LogP contribution in [0.2, 0.25) is 0 Å². The van der Waals surface area contributed by atoms with Crippen molar-refractivity contribution in [3.8, 4) is 11.8 Å². The third kappa shape index (κ3) is 3.93. The van der Waals surface area contributed by atoms with Gasteiger partial charge in [-0.25, -0.2) is 9.07 Å². The number of hydrogen-bond acceptors (Lipinski definition) is 5. The van der Waals surface area contributed by atoms with E-state index in [0.29, 0.717) is 18.5 Å². The second-order valence-corrected chi connectivity index (χ2v) is 5.51. The van der Waals surface area contributed by atoms with Crippen molar-refractivity contribution in [1.82, 2.24) is 14.9 Å². The minimum atomic E-state index is -0.611. The van der Waals surface area contributed by atoms with Crippen LogP contribution >= 0.6 is 0 Å². The topological polar surface area (TPSA) is 78.0 Å². The number of halogens is 1. The van der Waals surface area contributed by atoms with Crippen molar-refractivity contribution in [3.05, 3.63) is 72.1 Å². The van der Waals surface area contributed by atoms with E-state index in [0.717, 1.165) is 17.7 Å². The van der Waals surface area contributed by atoms with Crippen molar-refractivity contribution >= 4 is 5.69 Å². The first-order valence-electron chi connectivity index (χ1n) is 7.77. The summed E-state index contributed by atoms with van der Waals surface area (Å²) in [7, 11) is 0. The van der Waals surface area contributed by atoms with E-state index in [2.05, 4.69) is 16.3 Å². The van der Waals surface area contributed by atoms with Gasteiger partial charge in [-0.3, -0.25) is 5.01 Å². The fourth-order valence-electron chi connectivity index (χ4n) is 2.54. The van der Waals surface area contributed by atoms with Crippen LogP contribution in [0.1, 0.15) is 17.5 Å². The second-order valence-electron chi connectivity index (χ2n) is 5.51. The maximum Gasteiger partial charge on any atom is 0.165 e. The number of rotatable bonds is 6. The van der Waals surface area contributed by atoms with Gasteiger partial charge < -0.3 is 5.11 Å². The van der Waals surface area contributed by atoms with Gasteiger partial charge in [0.2, 0.25) is 0 Å². The number of nitrogens with zero attached hydrogens (tertiary/aromatic N) is 5. The maximum absolute atomic E-state index is 13.4. The molecule has 6 nitrogen and oxygen atoms in total. The number of nitriles is 1. The minimum Gasteiger partial charge on any atom is -0.505 e. The van der Waals surface area contributed by atoms with Crippen molar-refractivity contribution in [1.29, 1.82) is 5.26 Å². The average molecular weight is 337 g/mol. The third-order valence-electron chi connectivity index (χ3n) is 3.83. The molecule has 3 aromatic rings. The van der Waals surface area contributed by atoms with Gasteiger partial charge in [-0.15, -0.1) is 10.2 Å². The van der Waals surface area contributed by atoms with Crippen molar-refractivity contribution in [3.63, 3.8) is 0 Å². The fourth-order valence-corrected chi connectivity index (χ4v) is 2.54. The SMILES string of the molecule is N#Cc1ccc(N(CCCc2ccc(O)c(F)c2)n2cnnc2)cc1. The number of aromatic nitrogens is 3. The van der Waals surface area contributed by atoms with Crippen LogP contribution in [0.25, 0.3) is 0 Å². The molecule has 0 amide bonds. The highest BCUT2D eigenvalue weighted by Crippen LogP contribution is 2.19. The van der Waals surface area contributed by atoms with Crippen LogP contribution in [0.4, 0.5) is 10.1 Å². The first-order valence-corrected chi connectivity index (χ1v) is 7.77. The number of aromatic hydroxyl groups is 1. The molecule has 25 heavy (non-hydrogen) atoms. The molecule has 0 radical (unpaired) electrons. The molecule has 0 aliphatic rings. The van der Waals surface area contributed by atoms with Crippen molar-refractivity contribution in [2.24, 2.45) is 0 Å². The first kappa shape index (κ1) is 16.5. The molecule has 0 aliphatic carbocycles. The Morgan fingerprint density at radius 2 is 1.84 bits per heavy atom. The lowest BCUT2D eigenvalue weighted by Crippen LogP contribution is -2.29. The number of phenols is 1. The van der Waals surface area contributed by atoms with Crippen LogP contribution in [-0.2, 0) is 6.42 Å². The number of benzene rings is 2. The Kier molecular flexibility index (Phi) is 4.90. The molecule has 0 unspecified atom stereocenters. The lowest BCUT2D eigenvalue weighted by atomic mass is 10.1. The van der Waals surface area contributed by atoms with Gasteiger partial charge in [0.05, 0.1) is 17.3 Å².